The number of allylic oxidation sites excluding steroid dienone is 8. The maximum absolute atomic E-state index is 15.1. The Morgan fingerprint density at radius 2 is 1.48 bits per heavy atom. The van der Waals surface area contributed by atoms with Gasteiger partial charge in [0.2, 0.25) is 5.75 Å². The number of ether oxygens (including phenoxy) is 2. The van der Waals surface area contributed by atoms with Crippen LogP contribution in [0.1, 0.15) is 42.0 Å². The first-order chi connectivity index (χ1) is 22.6. The van der Waals surface area contributed by atoms with Crippen molar-refractivity contribution in [3.63, 3.8) is 0 Å². The van der Waals surface area contributed by atoms with Gasteiger partial charge in [-0.25, -0.2) is 22.0 Å². The third kappa shape index (κ3) is 10.5. The predicted molar refractivity (Wildman–Crippen MR) is 162 cm³/mol. The molecule has 0 radical (unpaired) electrons. The largest absolute Gasteiger partial charge is 0.573 e. The molecule has 0 spiro atoms. The molecule has 3 rings (SSSR count). The van der Waals surface area contributed by atoms with Crippen molar-refractivity contribution in [2.75, 3.05) is 0 Å². The standard InChI is InChI=1S/C35H27F10NO2/c1-3-5-6-8-22(20-46)13-21-9-11-24(12-10-21)25(7-4-2)17-26(36)14-23-15-28(37)32(29(38)16-23)34(41,42)47-27-18-30(39)33(31(40)19-27)48-35(43,44)45/h3-5,7,9-13,15-20,46H,2,6,8,14H2,1H3/b5-3+,22-13-,25-7+,26-17+,46-20?. The average molecular weight is 684 g/mol. The van der Waals surface area contributed by atoms with Crippen molar-refractivity contribution in [1.29, 1.82) is 5.41 Å². The Hall–Kier alpha value is -5.07. The SMILES string of the molecule is C=C/C=C(\C=C(\F)Cc1cc(F)c(C(F)(F)Oc2cc(F)c(OC(F)(F)F)c(F)c2)c(F)c1)c1ccc(/C=C(\C=N)CC/C=C/C)cc1. The molecule has 13 heteroatoms. The third-order valence-electron chi connectivity index (χ3n) is 6.43. The summed E-state index contributed by atoms with van der Waals surface area (Å²) in [5, 5.41) is 7.60. The number of alkyl halides is 5. The lowest BCUT2D eigenvalue weighted by molar-refractivity contribution is -0.276. The Kier molecular flexibility index (Phi) is 12.6. The molecule has 1 N–H and O–H groups in total. The molecule has 0 saturated heterocycles. The molecular formula is C35H27F10NO2. The highest BCUT2D eigenvalue weighted by molar-refractivity contribution is 5.84. The lowest BCUT2D eigenvalue weighted by atomic mass is 10.00. The predicted octanol–water partition coefficient (Wildman–Crippen LogP) is 11.3. The van der Waals surface area contributed by atoms with E-state index in [0.29, 0.717) is 29.7 Å². The summed E-state index contributed by atoms with van der Waals surface area (Å²) in [5.74, 6) is -12.2. The van der Waals surface area contributed by atoms with E-state index in [-0.39, 0.29) is 12.1 Å². The minimum atomic E-state index is -5.51. The van der Waals surface area contributed by atoms with Gasteiger partial charge in [0.05, 0.1) is 0 Å². The van der Waals surface area contributed by atoms with Gasteiger partial charge in [0.15, 0.2) is 11.6 Å². The molecule has 0 aliphatic carbocycles. The highest BCUT2D eigenvalue weighted by Crippen LogP contribution is 2.38. The maximum Gasteiger partial charge on any atom is 0.573 e. The summed E-state index contributed by atoms with van der Waals surface area (Å²) in [4.78, 5) is 0. The summed E-state index contributed by atoms with van der Waals surface area (Å²) in [6.07, 6.45) is 1.15. The number of benzene rings is 3. The lowest BCUT2D eigenvalue weighted by Crippen LogP contribution is -2.26. The van der Waals surface area contributed by atoms with Crippen LogP contribution in [0.3, 0.4) is 0 Å². The molecule has 0 unspecified atom stereocenters. The molecule has 48 heavy (non-hydrogen) atoms. The Morgan fingerprint density at radius 3 is 2.00 bits per heavy atom. The summed E-state index contributed by atoms with van der Waals surface area (Å²) >= 11 is 0. The van der Waals surface area contributed by atoms with E-state index in [1.807, 2.05) is 25.2 Å². The fourth-order valence-corrected chi connectivity index (χ4v) is 4.37. The van der Waals surface area contributed by atoms with Crippen molar-refractivity contribution in [2.45, 2.75) is 38.7 Å². The second-order valence-electron chi connectivity index (χ2n) is 10.0. The van der Waals surface area contributed by atoms with E-state index in [1.54, 1.807) is 24.3 Å². The summed E-state index contributed by atoms with van der Waals surface area (Å²) < 4.78 is 146. The highest BCUT2D eigenvalue weighted by Gasteiger charge is 2.42. The van der Waals surface area contributed by atoms with Gasteiger partial charge in [-0.15, -0.1) is 13.2 Å². The van der Waals surface area contributed by atoms with Crippen LogP contribution in [0.25, 0.3) is 11.6 Å². The van der Waals surface area contributed by atoms with Gasteiger partial charge in [-0.2, -0.15) is 8.78 Å². The molecule has 0 saturated carbocycles. The first-order valence-electron chi connectivity index (χ1n) is 14.0. The molecule has 3 aromatic carbocycles. The summed E-state index contributed by atoms with van der Waals surface area (Å²) in [6, 6.07) is 7.47. The van der Waals surface area contributed by atoms with Gasteiger partial charge in [0.1, 0.15) is 28.8 Å². The monoisotopic (exact) mass is 683 g/mol. The fraction of sp³-hybridized carbons (Fsp3) is 0.171. The number of nitrogens with one attached hydrogen (secondary N) is 1. The second kappa shape index (κ2) is 16.2. The Morgan fingerprint density at radius 1 is 0.875 bits per heavy atom. The number of halogens is 10. The van der Waals surface area contributed by atoms with Gasteiger partial charge in [-0.3, -0.25) is 0 Å². The van der Waals surface area contributed by atoms with Gasteiger partial charge in [-0.1, -0.05) is 61.2 Å². The minimum Gasteiger partial charge on any atom is -0.429 e. The average Bonchev–Trinajstić information content (AvgIpc) is 2.97. The zero-order chi connectivity index (χ0) is 35.6. The fourth-order valence-electron chi connectivity index (χ4n) is 4.37. The van der Waals surface area contributed by atoms with E-state index in [0.717, 1.165) is 23.6 Å². The molecular weight excluding hydrogens is 656 g/mol. The van der Waals surface area contributed by atoms with Crippen molar-refractivity contribution in [3.05, 3.63) is 142 Å². The normalized spacial score (nSPS) is 13.2. The smallest absolute Gasteiger partial charge is 0.429 e. The van der Waals surface area contributed by atoms with E-state index in [9.17, 15) is 39.5 Å². The Labute approximate surface area is 269 Å². The van der Waals surface area contributed by atoms with Crippen LogP contribution in [0.2, 0.25) is 0 Å². The van der Waals surface area contributed by atoms with Crippen molar-refractivity contribution < 1.29 is 53.4 Å². The first-order valence-corrected chi connectivity index (χ1v) is 14.0. The molecule has 3 nitrogen and oxygen atoms in total. The third-order valence-corrected chi connectivity index (χ3v) is 6.43. The van der Waals surface area contributed by atoms with Crippen molar-refractivity contribution >= 4 is 17.9 Å². The first kappa shape index (κ1) is 37.4. The minimum absolute atomic E-state index is 0.0963. The molecule has 0 atom stereocenters. The van der Waals surface area contributed by atoms with E-state index in [1.165, 1.54) is 18.4 Å². The molecule has 0 aliphatic heterocycles. The Bertz CT molecular complexity index is 1710. The van der Waals surface area contributed by atoms with E-state index in [2.05, 4.69) is 16.1 Å². The Balaban J connectivity index is 1.81. The molecule has 254 valence electrons. The van der Waals surface area contributed by atoms with Crippen molar-refractivity contribution in [3.8, 4) is 11.5 Å². The molecule has 0 aromatic heterocycles. The highest BCUT2D eigenvalue weighted by atomic mass is 19.4. The maximum atomic E-state index is 15.1. The van der Waals surface area contributed by atoms with E-state index >= 15 is 4.39 Å². The van der Waals surface area contributed by atoms with Gasteiger partial charge in [0, 0.05) is 24.8 Å². The topological polar surface area (TPSA) is 42.3 Å². The molecule has 0 fully saturated rings. The van der Waals surface area contributed by atoms with Crippen LogP contribution < -0.4 is 9.47 Å². The molecule has 0 bridgehead atoms. The van der Waals surface area contributed by atoms with Crippen LogP contribution in [0.5, 0.6) is 11.5 Å². The van der Waals surface area contributed by atoms with Gasteiger partial charge >= 0.3 is 12.5 Å². The summed E-state index contributed by atoms with van der Waals surface area (Å²) in [5.41, 5.74) is 0.0421. The second-order valence-corrected chi connectivity index (χ2v) is 10.0. The summed E-state index contributed by atoms with van der Waals surface area (Å²) in [6.45, 7) is 5.49. The summed E-state index contributed by atoms with van der Waals surface area (Å²) in [7, 11) is 0. The van der Waals surface area contributed by atoms with Crippen LogP contribution in [0.15, 0.2) is 96.9 Å². The van der Waals surface area contributed by atoms with E-state index in [4.69, 9.17) is 5.41 Å². The molecule has 0 aliphatic rings. The number of hydrogen-bond acceptors (Lipinski definition) is 3. The van der Waals surface area contributed by atoms with Crippen LogP contribution in [-0.2, 0) is 12.5 Å². The van der Waals surface area contributed by atoms with Gasteiger partial charge in [-0.05, 0) is 65.8 Å². The van der Waals surface area contributed by atoms with Crippen LogP contribution in [0, 0.1) is 28.7 Å². The zero-order valence-electron chi connectivity index (χ0n) is 25.1. The lowest BCUT2D eigenvalue weighted by Gasteiger charge is -2.20. The van der Waals surface area contributed by atoms with Crippen molar-refractivity contribution in [2.24, 2.45) is 0 Å². The molecule has 0 heterocycles. The van der Waals surface area contributed by atoms with E-state index < -0.39 is 70.6 Å². The zero-order valence-corrected chi connectivity index (χ0v) is 25.1. The van der Waals surface area contributed by atoms with Crippen molar-refractivity contribution in [1.82, 2.24) is 0 Å². The van der Waals surface area contributed by atoms with Crippen LogP contribution in [0.4, 0.5) is 43.9 Å². The van der Waals surface area contributed by atoms with Gasteiger partial charge < -0.3 is 14.9 Å². The number of rotatable bonds is 14. The van der Waals surface area contributed by atoms with Crippen LogP contribution in [-0.4, -0.2) is 12.6 Å². The van der Waals surface area contributed by atoms with Crippen LogP contribution >= 0.6 is 0 Å². The molecule has 3 aromatic rings. The quantitative estimate of drug-likeness (QED) is 0.0795. The molecule has 0 amide bonds. The van der Waals surface area contributed by atoms with Gasteiger partial charge in [0.25, 0.3) is 0 Å². The number of hydrogen-bond donors (Lipinski definition) is 1.